The van der Waals surface area contributed by atoms with E-state index in [2.05, 4.69) is 15.5 Å². The number of carbonyl (C=O) groups is 2. The summed E-state index contributed by atoms with van der Waals surface area (Å²) in [5, 5.41) is 6.71. The van der Waals surface area contributed by atoms with E-state index in [1.807, 2.05) is 58.0 Å². The third kappa shape index (κ3) is 6.09. The fourth-order valence-corrected chi connectivity index (χ4v) is 4.50. The van der Waals surface area contributed by atoms with Crippen molar-refractivity contribution in [2.24, 2.45) is 5.41 Å². The lowest BCUT2D eigenvalue weighted by atomic mass is 9.96. The van der Waals surface area contributed by atoms with Gasteiger partial charge in [-0.05, 0) is 36.2 Å². The summed E-state index contributed by atoms with van der Waals surface area (Å²) in [7, 11) is 1.65. The first-order valence-corrected chi connectivity index (χ1v) is 11.7. The number of thiophene rings is 1. The maximum Gasteiger partial charge on any atom is 0.261 e. The molecule has 1 fully saturated rings. The zero-order valence-corrected chi connectivity index (χ0v) is 20.3. The van der Waals surface area contributed by atoms with Gasteiger partial charge in [0.15, 0.2) is 0 Å². The predicted molar refractivity (Wildman–Crippen MR) is 128 cm³/mol. The minimum atomic E-state index is -0.496. The van der Waals surface area contributed by atoms with Crippen molar-refractivity contribution in [1.82, 2.24) is 10.2 Å². The molecule has 1 aromatic heterocycles. The molecule has 0 radical (unpaired) electrons. The summed E-state index contributed by atoms with van der Waals surface area (Å²) < 4.78 is 10.8. The average molecular weight is 460 g/mol. The second-order valence-corrected chi connectivity index (χ2v) is 10.0. The van der Waals surface area contributed by atoms with Gasteiger partial charge in [0.05, 0.1) is 36.2 Å². The Morgan fingerprint density at radius 3 is 2.44 bits per heavy atom. The monoisotopic (exact) mass is 459 g/mol. The van der Waals surface area contributed by atoms with Gasteiger partial charge in [-0.25, -0.2) is 0 Å². The Morgan fingerprint density at radius 1 is 1.19 bits per heavy atom. The Bertz CT molecular complexity index is 928. The number of methoxy groups -OCH3 is 1. The van der Waals surface area contributed by atoms with E-state index in [0.717, 1.165) is 30.0 Å². The Morgan fingerprint density at radius 2 is 1.84 bits per heavy atom. The largest absolute Gasteiger partial charge is 0.497 e. The molecular weight excluding hydrogens is 426 g/mol. The topological polar surface area (TPSA) is 79.9 Å². The molecule has 1 saturated heterocycles. The Hall–Kier alpha value is -2.42. The van der Waals surface area contributed by atoms with Crippen molar-refractivity contribution in [1.29, 1.82) is 0 Å². The van der Waals surface area contributed by atoms with Crippen molar-refractivity contribution >= 4 is 28.2 Å². The van der Waals surface area contributed by atoms with Crippen molar-refractivity contribution in [3.05, 3.63) is 46.3 Å². The van der Waals surface area contributed by atoms with Crippen LogP contribution in [0.15, 0.2) is 30.3 Å². The molecule has 1 aromatic carbocycles. The van der Waals surface area contributed by atoms with Crippen molar-refractivity contribution in [3.8, 4) is 5.75 Å². The summed E-state index contributed by atoms with van der Waals surface area (Å²) in [6.07, 6.45) is 0. The SMILES string of the molecule is COc1ccc([C@@H](CNC(=O)c2sc(NC(=O)C(C)(C)C)cc2C)N2CCOCC2)cc1. The van der Waals surface area contributed by atoms with Crippen LogP contribution in [-0.4, -0.2) is 56.7 Å². The maximum absolute atomic E-state index is 13.0. The van der Waals surface area contributed by atoms with Crippen molar-refractivity contribution in [3.63, 3.8) is 0 Å². The van der Waals surface area contributed by atoms with E-state index in [1.165, 1.54) is 11.3 Å². The lowest BCUT2D eigenvalue weighted by Gasteiger charge is -2.35. The first-order valence-electron chi connectivity index (χ1n) is 10.8. The second-order valence-electron chi connectivity index (χ2n) is 8.97. The number of rotatable bonds is 7. The number of amides is 2. The highest BCUT2D eigenvalue weighted by atomic mass is 32.1. The van der Waals surface area contributed by atoms with Gasteiger partial charge < -0.3 is 20.1 Å². The molecule has 8 heteroatoms. The Kier molecular flexibility index (Phi) is 7.92. The number of nitrogens with zero attached hydrogens (tertiary/aromatic N) is 1. The summed E-state index contributed by atoms with van der Waals surface area (Å²) in [4.78, 5) is 28.2. The number of anilines is 1. The Labute approximate surface area is 194 Å². The highest BCUT2D eigenvalue weighted by molar-refractivity contribution is 7.18. The highest BCUT2D eigenvalue weighted by Crippen LogP contribution is 2.29. The van der Waals surface area contributed by atoms with Crippen LogP contribution in [0.2, 0.25) is 0 Å². The molecule has 7 nitrogen and oxygen atoms in total. The highest BCUT2D eigenvalue weighted by Gasteiger charge is 2.25. The summed E-state index contributed by atoms with van der Waals surface area (Å²) in [5.41, 5.74) is 1.47. The van der Waals surface area contributed by atoms with Crippen LogP contribution < -0.4 is 15.4 Å². The number of benzene rings is 1. The van der Waals surface area contributed by atoms with Gasteiger partial charge >= 0.3 is 0 Å². The normalized spacial score (nSPS) is 15.8. The van der Waals surface area contributed by atoms with E-state index in [1.54, 1.807) is 7.11 Å². The van der Waals surface area contributed by atoms with Gasteiger partial charge in [0.1, 0.15) is 5.75 Å². The zero-order chi connectivity index (χ0) is 23.3. The molecule has 0 spiro atoms. The lowest BCUT2D eigenvalue weighted by Crippen LogP contribution is -2.43. The van der Waals surface area contributed by atoms with Crippen LogP contribution in [0.4, 0.5) is 5.00 Å². The molecule has 2 heterocycles. The van der Waals surface area contributed by atoms with Crippen molar-refractivity contribution < 1.29 is 19.1 Å². The van der Waals surface area contributed by atoms with Crippen LogP contribution in [0, 0.1) is 12.3 Å². The molecule has 32 heavy (non-hydrogen) atoms. The predicted octanol–water partition coefficient (Wildman–Crippen LogP) is 3.85. The molecule has 0 bridgehead atoms. The standard InChI is InChI=1S/C24H33N3O4S/c1-16-14-20(26-23(29)24(2,3)4)32-21(16)22(28)25-15-19(27-10-12-31-13-11-27)17-6-8-18(30-5)9-7-17/h6-9,14,19H,10-13,15H2,1-5H3,(H,25,28)(H,26,29)/t19-/m1/s1. The molecule has 1 aliphatic rings. The van der Waals surface area contributed by atoms with Gasteiger partial charge in [0.25, 0.3) is 5.91 Å². The summed E-state index contributed by atoms with van der Waals surface area (Å²) in [6, 6.07) is 9.86. The molecule has 2 aromatic rings. The van der Waals surface area contributed by atoms with Crippen LogP contribution in [0.1, 0.15) is 47.6 Å². The molecule has 0 saturated carbocycles. The van der Waals surface area contributed by atoms with Gasteiger partial charge in [-0.1, -0.05) is 32.9 Å². The summed E-state index contributed by atoms with van der Waals surface area (Å²) in [5.74, 6) is 0.602. The fraction of sp³-hybridized carbons (Fsp3) is 0.500. The molecule has 0 unspecified atom stereocenters. The van der Waals surface area contributed by atoms with Crippen molar-refractivity contribution in [2.45, 2.75) is 33.7 Å². The number of nitrogens with one attached hydrogen (secondary N) is 2. The van der Waals surface area contributed by atoms with Crippen LogP contribution in [0.3, 0.4) is 0 Å². The van der Waals surface area contributed by atoms with E-state index in [9.17, 15) is 9.59 Å². The molecule has 2 N–H and O–H groups in total. The number of ether oxygens (including phenoxy) is 2. The first kappa shape index (κ1) is 24.2. The fourth-order valence-electron chi connectivity index (χ4n) is 3.51. The molecule has 1 aliphatic heterocycles. The van der Waals surface area contributed by atoms with Crippen LogP contribution >= 0.6 is 11.3 Å². The number of aryl methyl sites for hydroxylation is 1. The lowest BCUT2D eigenvalue weighted by molar-refractivity contribution is -0.123. The van der Waals surface area contributed by atoms with Crippen molar-refractivity contribution in [2.75, 3.05) is 45.3 Å². The van der Waals surface area contributed by atoms with Gasteiger partial charge in [0, 0.05) is 25.0 Å². The smallest absolute Gasteiger partial charge is 0.261 e. The molecule has 0 aliphatic carbocycles. The summed E-state index contributed by atoms with van der Waals surface area (Å²) in [6.45, 7) is 10.9. The maximum atomic E-state index is 13.0. The molecular formula is C24H33N3O4S. The molecule has 1 atom stereocenters. The van der Waals surface area contributed by atoms with Gasteiger partial charge in [-0.3, -0.25) is 14.5 Å². The van der Waals surface area contributed by atoms with Gasteiger partial charge in [-0.15, -0.1) is 11.3 Å². The van der Waals surface area contributed by atoms with Gasteiger partial charge in [-0.2, -0.15) is 0 Å². The van der Waals surface area contributed by atoms with Crippen LogP contribution in [0.5, 0.6) is 5.75 Å². The minimum absolute atomic E-state index is 0.0362. The number of hydrogen-bond acceptors (Lipinski definition) is 6. The quantitative estimate of drug-likeness (QED) is 0.657. The molecule has 174 valence electrons. The zero-order valence-electron chi connectivity index (χ0n) is 19.5. The first-order chi connectivity index (χ1) is 15.2. The summed E-state index contributed by atoms with van der Waals surface area (Å²) >= 11 is 1.31. The van der Waals surface area contributed by atoms with Gasteiger partial charge in [0.2, 0.25) is 5.91 Å². The van der Waals surface area contributed by atoms with Crippen LogP contribution in [0.25, 0.3) is 0 Å². The third-order valence-corrected chi connectivity index (χ3v) is 6.64. The average Bonchev–Trinajstić information content (AvgIpc) is 3.14. The van der Waals surface area contributed by atoms with E-state index in [4.69, 9.17) is 9.47 Å². The van der Waals surface area contributed by atoms with Crippen LogP contribution in [-0.2, 0) is 9.53 Å². The van der Waals surface area contributed by atoms with E-state index in [0.29, 0.717) is 29.6 Å². The molecule has 2 amide bonds. The van der Waals surface area contributed by atoms with E-state index in [-0.39, 0.29) is 17.9 Å². The van der Waals surface area contributed by atoms with E-state index >= 15 is 0 Å². The third-order valence-electron chi connectivity index (χ3n) is 5.48. The number of hydrogen-bond donors (Lipinski definition) is 2. The number of morpholine rings is 1. The number of carbonyl (C=O) groups excluding carboxylic acids is 2. The second kappa shape index (κ2) is 10.5. The molecule has 3 rings (SSSR count). The Balaban J connectivity index is 1.71. The van der Waals surface area contributed by atoms with E-state index < -0.39 is 5.41 Å². The minimum Gasteiger partial charge on any atom is -0.497 e.